The molecule has 182 valence electrons. The number of thiazole rings is 1. The number of rotatable bonds is 8. The Morgan fingerprint density at radius 1 is 1.27 bits per heavy atom. The van der Waals surface area contributed by atoms with Gasteiger partial charge in [0, 0.05) is 41.4 Å². The van der Waals surface area contributed by atoms with Crippen molar-refractivity contribution in [3.05, 3.63) is 70.5 Å². The van der Waals surface area contributed by atoms with Gasteiger partial charge in [-0.1, -0.05) is 58.0 Å². The van der Waals surface area contributed by atoms with Gasteiger partial charge < -0.3 is 15.7 Å². The third-order valence-corrected chi connectivity index (χ3v) is 5.02. The predicted molar refractivity (Wildman–Crippen MR) is 143 cm³/mol. The topological polar surface area (TPSA) is 86.6 Å². The van der Waals surface area contributed by atoms with Gasteiger partial charge in [-0.2, -0.15) is 0 Å². The number of anilines is 1. The van der Waals surface area contributed by atoms with Crippen molar-refractivity contribution in [3.8, 4) is 0 Å². The molecule has 0 unspecified atom stereocenters. The van der Waals surface area contributed by atoms with Crippen molar-refractivity contribution in [2.75, 3.05) is 18.5 Å². The lowest BCUT2D eigenvalue weighted by Gasteiger charge is -2.22. The highest BCUT2D eigenvalue weighted by Gasteiger charge is 2.18. The van der Waals surface area contributed by atoms with Crippen LogP contribution >= 0.6 is 11.3 Å². The van der Waals surface area contributed by atoms with E-state index >= 15 is 0 Å². The Hall–Kier alpha value is -2.77. The van der Waals surface area contributed by atoms with Crippen molar-refractivity contribution >= 4 is 28.6 Å². The number of hydrogen-bond donors (Lipinski definition) is 3. The Bertz CT molecular complexity index is 930. The number of nitrogens with one attached hydrogen (secondary N) is 2. The Morgan fingerprint density at radius 3 is 2.45 bits per heavy atom. The summed E-state index contributed by atoms with van der Waals surface area (Å²) < 4.78 is 0. The summed E-state index contributed by atoms with van der Waals surface area (Å²) in [6, 6.07) is 5.82. The van der Waals surface area contributed by atoms with E-state index in [9.17, 15) is 4.79 Å². The van der Waals surface area contributed by atoms with Crippen LogP contribution in [0.5, 0.6) is 0 Å². The van der Waals surface area contributed by atoms with E-state index in [2.05, 4.69) is 27.2 Å². The number of nitrogens with zero attached hydrogens (tertiary/aromatic N) is 2. The molecule has 0 spiro atoms. The molecule has 0 aliphatic heterocycles. The molecule has 2 aromatic rings. The van der Waals surface area contributed by atoms with Crippen molar-refractivity contribution in [2.45, 2.75) is 55.4 Å². The van der Waals surface area contributed by atoms with Crippen LogP contribution in [0.3, 0.4) is 0 Å². The van der Waals surface area contributed by atoms with Crippen LogP contribution in [0.2, 0.25) is 0 Å². The first-order chi connectivity index (χ1) is 15.6. The van der Waals surface area contributed by atoms with Gasteiger partial charge in [-0.3, -0.25) is 4.79 Å². The molecule has 0 radical (unpaired) electrons. The van der Waals surface area contributed by atoms with Gasteiger partial charge >= 0.3 is 0 Å². The van der Waals surface area contributed by atoms with Crippen molar-refractivity contribution < 1.29 is 9.90 Å². The fourth-order valence-electron chi connectivity index (χ4n) is 2.34. The third kappa shape index (κ3) is 12.2. The molecule has 1 aromatic heterocycles. The van der Waals surface area contributed by atoms with Gasteiger partial charge in [0.1, 0.15) is 5.82 Å². The minimum Gasteiger partial charge on any atom is -0.396 e. The van der Waals surface area contributed by atoms with E-state index < -0.39 is 0 Å². The molecule has 0 aliphatic rings. The standard InChI is InChI=1S/C14H21NO2.C10H13N3S.C2H6/c1-10-5-6-11(2)12(7-10)13(17)15-8-14(3,4)9-16;1-4-6-9(11-5-2)13-10-12-7-8(3)14-10;1-2/h5-7,16H,8-9H2,1-4H3,(H,15,17);4-7H,1H2,2-3H3,(H,12,13);1-2H3/b;9-6+,11-5-;. The van der Waals surface area contributed by atoms with Crippen molar-refractivity contribution in [1.82, 2.24) is 10.3 Å². The molecule has 1 amide bonds. The Balaban J connectivity index is 0.000000586. The van der Waals surface area contributed by atoms with Crippen LogP contribution in [0.15, 0.2) is 53.9 Å². The quantitative estimate of drug-likeness (QED) is 0.322. The molecule has 0 saturated heterocycles. The fourth-order valence-corrected chi connectivity index (χ4v) is 3.01. The maximum absolute atomic E-state index is 12.0. The van der Waals surface area contributed by atoms with Crippen molar-refractivity contribution in [3.63, 3.8) is 0 Å². The smallest absolute Gasteiger partial charge is 0.251 e. The number of carbonyl (C=O) groups excluding carboxylic acids is 1. The summed E-state index contributed by atoms with van der Waals surface area (Å²) in [5.74, 6) is 0.671. The molecule has 2 rings (SSSR count). The molecule has 1 aromatic carbocycles. The molecule has 0 fully saturated rings. The molecule has 0 atom stereocenters. The molecule has 7 heteroatoms. The molecule has 1 heterocycles. The number of aromatic nitrogens is 1. The van der Waals surface area contributed by atoms with Gasteiger partial charge in [0.05, 0.1) is 0 Å². The number of aliphatic imine (C=N–C) groups is 1. The van der Waals surface area contributed by atoms with Gasteiger partial charge in [-0.05, 0) is 45.4 Å². The van der Waals surface area contributed by atoms with Crippen molar-refractivity contribution in [1.29, 1.82) is 0 Å². The lowest BCUT2D eigenvalue weighted by molar-refractivity contribution is 0.0910. The number of aliphatic hydroxyl groups is 1. The zero-order chi connectivity index (χ0) is 25.4. The molecule has 0 aliphatic carbocycles. The zero-order valence-corrected chi connectivity index (χ0v) is 22.1. The summed E-state index contributed by atoms with van der Waals surface area (Å²) in [5, 5.41) is 15.9. The van der Waals surface area contributed by atoms with Crippen LogP contribution in [0.25, 0.3) is 0 Å². The van der Waals surface area contributed by atoms with E-state index in [0.29, 0.717) is 12.1 Å². The first-order valence-corrected chi connectivity index (χ1v) is 11.9. The number of aryl methyl sites for hydroxylation is 3. The maximum Gasteiger partial charge on any atom is 0.251 e. The van der Waals surface area contributed by atoms with Gasteiger partial charge in [0.15, 0.2) is 5.13 Å². The molecule has 0 saturated carbocycles. The summed E-state index contributed by atoms with van der Waals surface area (Å²) in [6.45, 7) is 19.7. The molecule has 3 N–H and O–H groups in total. The summed E-state index contributed by atoms with van der Waals surface area (Å²) in [7, 11) is 0. The largest absolute Gasteiger partial charge is 0.396 e. The summed E-state index contributed by atoms with van der Waals surface area (Å²) in [6.07, 6.45) is 7.05. The number of aliphatic hydroxyl groups excluding tert-OH is 1. The maximum atomic E-state index is 12.0. The lowest BCUT2D eigenvalue weighted by atomic mass is 9.94. The first-order valence-electron chi connectivity index (χ1n) is 11.1. The van der Waals surface area contributed by atoms with E-state index in [1.165, 1.54) is 4.88 Å². The Kier molecular flexibility index (Phi) is 14.6. The lowest BCUT2D eigenvalue weighted by Crippen LogP contribution is -2.36. The SMILES string of the molecule is C=C/C=C(\N=C/C)Nc1ncc(C)s1.CC.Cc1ccc(C)c(C(=O)NCC(C)(C)CO)c1. The Labute approximate surface area is 203 Å². The van der Waals surface area contributed by atoms with Gasteiger partial charge in [0.2, 0.25) is 0 Å². The number of carbonyl (C=O) groups is 1. The number of amides is 1. The zero-order valence-electron chi connectivity index (χ0n) is 21.3. The van der Waals surface area contributed by atoms with Gasteiger partial charge in [-0.15, -0.1) is 11.3 Å². The number of allylic oxidation sites excluding steroid dienone is 2. The summed E-state index contributed by atoms with van der Waals surface area (Å²) in [4.78, 5) is 21.5. The van der Waals surface area contributed by atoms with Gasteiger partial charge in [-0.25, -0.2) is 9.98 Å². The molecular weight excluding hydrogens is 432 g/mol. The minimum absolute atomic E-state index is 0.0556. The van der Waals surface area contributed by atoms with E-state index in [4.69, 9.17) is 5.11 Å². The second-order valence-electron chi connectivity index (χ2n) is 7.90. The Morgan fingerprint density at radius 2 is 1.94 bits per heavy atom. The second kappa shape index (κ2) is 15.9. The molecule has 6 nitrogen and oxygen atoms in total. The van der Waals surface area contributed by atoms with Crippen LogP contribution in [-0.4, -0.2) is 35.4 Å². The number of hydrogen-bond acceptors (Lipinski definition) is 6. The van der Waals surface area contributed by atoms with Crippen LogP contribution in [0.4, 0.5) is 5.13 Å². The minimum atomic E-state index is -0.284. The molecule has 33 heavy (non-hydrogen) atoms. The third-order valence-electron chi connectivity index (χ3n) is 4.19. The van der Waals surface area contributed by atoms with Crippen molar-refractivity contribution in [2.24, 2.45) is 10.4 Å². The number of benzene rings is 1. The first kappa shape index (κ1) is 30.2. The fraction of sp³-hybridized carbons (Fsp3) is 0.423. The normalized spacial score (nSPS) is 11.1. The average Bonchev–Trinajstić information content (AvgIpc) is 3.20. The van der Waals surface area contributed by atoms with E-state index in [-0.39, 0.29) is 17.9 Å². The summed E-state index contributed by atoms with van der Waals surface area (Å²) in [5.41, 5.74) is 2.46. The predicted octanol–water partition coefficient (Wildman–Crippen LogP) is 6.06. The average molecular weight is 473 g/mol. The highest BCUT2D eigenvalue weighted by molar-refractivity contribution is 7.15. The highest BCUT2D eigenvalue weighted by Crippen LogP contribution is 2.18. The van der Waals surface area contributed by atoms with Gasteiger partial charge in [0.25, 0.3) is 5.91 Å². The van der Waals surface area contributed by atoms with Crippen LogP contribution in [0, 0.1) is 26.2 Å². The van der Waals surface area contributed by atoms with E-state index in [0.717, 1.165) is 22.1 Å². The monoisotopic (exact) mass is 472 g/mol. The molecular formula is C26H40N4O2S. The van der Waals surface area contributed by atoms with E-state index in [1.54, 1.807) is 29.7 Å². The van der Waals surface area contributed by atoms with Crippen LogP contribution in [-0.2, 0) is 0 Å². The highest BCUT2D eigenvalue weighted by atomic mass is 32.1. The molecule has 0 bridgehead atoms. The van der Waals surface area contributed by atoms with E-state index in [1.807, 2.05) is 79.8 Å². The van der Waals surface area contributed by atoms with Crippen LogP contribution < -0.4 is 10.6 Å². The van der Waals surface area contributed by atoms with Crippen LogP contribution in [0.1, 0.15) is 61.0 Å². The second-order valence-corrected chi connectivity index (χ2v) is 9.13. The summed E-state index contributed by atoms with van der Waals surface area (Å²) >= 11 is 1.60.